The summed E-state index contributed by atoms with van der Waals surface area (Å²) in [5.41, 5.74) is -0.545. The molecule has 13 heavy (non-hydrogen) atoms. The van der Waals surface area contributed by atoms with Gasteiger partial charge in [0.1, 0.15) is 0 Å². The predicted molar refractivity (Wildman–Crippen MR) is 38.6 cm³/mol. The second kappa shape index (κ2) is 2.47. The van der Waals surface area contributed by atoms with Gasteiger partial charge >= 0.3 is 0 Å². The maximum atomic E-state index is 13.0. The normalized spacial score (nSPS) is 18.8. The average molecular weight is 190 g/mol. The summed E-state index contributed by atoms with van der Waals surface area (Å²) < 4.78 is 51.5. The summed E-state index contributed by atoms with van der Waals surface area (Å²) in [5, 5.41) is 0. The second-order valence-electron chi connectivity index (χ2n) is 3.09. The van der Waals surface area contributed by atoms with Gasteiger partial charge in [-0.25, -0.2) is 17.6 Å². The number of benzene rings is 1. The molecule has 1 aromatic rings. The lowest BCUT2D eigenvalue weighted by Crippen LogP contribution is -2.07. The fraction of sp³-hybridized carbons (Fsp3) is 0.333. The predicted octanol–water partition coefficient (Wildman–Crippen LogP) is 3.00. The fourth-order valence-electron chi connectivity index (χ4n) is 1.60. The average Bonchev–Trinajstić information content (AvgIpc) is 2.35. The molecule has 1 aliphatic rings. The summed E-state index contributed by atoms with van der Waals surface area (Å²) in [5.74, 6) is -5.18. The van der Waals surface area contributed by atoms with E-state index < -0.39 is 24.0 Å². The third kappa shape index (κ3) is 1.12. The molecule has 0 nitrogen and oxygen atoms in total. The highest BCUT2D eigenvalue weighted by atomic mass is 19.3. The van der Waals surface area contributed by atoms with Crippen molar-refractivity contribution in [3.05, 3.63) is 34.9 Å². The highest BCUT2D eigenvalue weighted by Crippen LogP contribution is 2.42. The van der Waals surface area contributed by atoms with Crippen molar-refractivity contribution < 1.29 is 17.6 Å². The molecule has 0 fully saturated rings. The van der Waals surface area contributed by atoms with Crippen LogP contribution in [0.1, 0.15) is 17.5 Å². The van der Waals surface area contributed by atoms with Crippen molar-refractivity contribution in [1.29, 1.82) is 0 Å². The van der Waals surface area contributed by atoms with Crippen molar-refractivity contribution in [3.8, 4) is 0 Å². The van der Waals surface area contributed by atoms with Crippen molar-refractivity contribution in [2.75, 3.05) is 0 Å². The lowest BCUT2D eigenvalue weighted by Gasteiger charge is -2.09. The van der Waals surface area contributed by atoms with Crippen LogP contribution in [0.3, 0.4) is 0 Å². The smallest absolute Gasteiger partial charge is 0.204 e. The van der Waals surface area contributed by atoms with Gasteiger partial charge in [0.15, 0.2) is 11.6 Å². The zero-order valence-electron chi connectivity index (χ0n) is 6.58. The molecule has 0 amide bonds. The van der Waals surface area contributed by atoms with Gasteiger partial charge in [-0.2, -0.15) is 0 Å². The molecule has 0 radical (unpaired) electrons. The lowest BCUT2D eigenvalue weighted by molar-refractivity contribution is -0.00189. The Morgan fingerprint density at radius 1 is 1.15 bits per heavy atom. The summed E-state index contributed by atoms with van der Waals surface area (Å²) in [4.78, 5) is 0. The molecule has 1 aromatic carbocycles. The van der Waals surface area contributed by atoms with Crippen LogP contribution in [-0.2, 0) is 12.3 Å². The fourth-order valence-corrected chi connectivity index (χ4v) is 1.60. The number of hydrogen-bond donors (Lipinski definition) is 0. The second-order valence-corrected chi connectivity index (χ2v) is 3.09. The molecule has 0 aromatic heterocycles. The molecule has 0 heterocycles. The van der Waals surface area contributed by atoms with Crippen LogP contribution < -0.4 is 0 Å². The molecule has 0 atom stereocenters. The minimum Gasteiger partial charge on any atom is -0.204 e. The number of fused-ring (bicyclic) bond motifs is 1. The first kappa shape index (κ1) is 8.53. The van der Waals surface area contributed by atoms with Gasteiger partial charge in [-0.3, -0.25) is 0 Å². The van der Waals surface area contributed by atoms with E-state index in [-0.39, 0.29) is 17.5 Å². The number of rotatable bonds is 0. The van der Waals surface area contributed by atoms with E-state index in [0.29, 0.717) is 0 Å². The zero-order chi connectivity index (χ0) is 9.64. The third-order valence-electron chi connectivity index (χ3n) is 2.28. The van der Waals surface area contributed by atoms with E-state index in [1.54, 1.807) is 0 Å². The Hall–Kier alpha value is -1.06. The van der Waals surface area contributed by atoms with Gasteiger partial charge in [-0.05, 0) is 18.6 Å². The van der Waals surface area contributed by atoms with Crippen molar-refractivity contribution in [1.82, 2.24) is 0 Å². The summed E-state index contributed by atoms with van der Waals surface area (Å²) in [6, 6.07) is 1.70. The zero-order valence-corrected chi connectivity index (χ0v) is 6.58. The van der Waals surface area contributed by atoms with Gasteiger partial charge < -0.3 is 0 Å². The Kier molecular flexibility index (Phi) is 1.62. The Morgan fingerprint density at radius 2 is 1.85 bits per heavy atom. The van der Waals surface area contributed by atoms with Gasteiger partial charge in [0, 0.05) is 17.5 Å². The summed E-state index contributed by atoms with van der Waals surface area (Å²) in [6.07, 6.45) is -0.519. The maximum absolute atomic E-state index is 13.0. The van der Waals surface area contributed by atoms with Crippen molar-refractivity contribution in [3.63, 3.8) is 0 Å². The van der Waals surface area contributed by atoms with Crippen LogP contribution in [-0.4, -0.2) is 0 Å². The molecular formula is C9H6F4. The van der Waals surface area contributed by atoms with E-state index in [4.69, 9.17) is 0 Å². The molecule has 70 valence electrons. The molecule has 2 rings (SSSR count). The van der Waals surface area contributed by atoms with Crippen LogP contribution in [0, 0.1) is 11.6 Å². The molecule has 1 aliphatic carbocycles. The molecule has 0 N–H and O–H groups in total. The standard InChI is InChI=1S/C9H6F4/c10-7-2-1-6-5(8(7)11)3-4-9(6,12)13/h1-2H,3-4H2. The molecule has 4 heteroatoms. The number of hydrogen-bond acceptors (Lipinski definition) is 0. The molecule has 0 bridgehead atoms. The van der Waals surface area contributed by atoms with Crippen molar-refractivity contribution in [2.45, 2.75) is 18.8 Å². The van der Waals surface area contributed by atoms with Crippen LogP contribution in [0.5, 0.6) is 0 Å². The Balaban J connectivity index is 2.64. The van der Waals surface area contributed by atoms with Crippen LogP contribution in [0.15, 0.2) is 12.1 Å². The van der Waals surface area contributed by atoms with Crippen LogP contribution >= 0.6 is 0 Å². The monoisotopic (exact) mass is 190 g/mol. The molecule has 0 aliphatic heterocycles. The Bertz CT molecular complexity index is 357. The van der Waals surface area contributed by atoms with Gasteiger partial charge in [-0.1, -0.05) is 0 Å². The summed E-state index contributed by atoms with van der Waals surface area (Å²) in [7, 11) is 0. The van der Waals surface area contributed by atoms with Crippen LogP contribution in [0.2, 0.25) is 0 Å². The minimum absolute atomic E-state index is 0.0913. The van der Waals surface area contributed by atoms with E-state index in [2.05, 4.69) is 0 Å². The third-order valence-corrected chi connectivity index (χ3v) is 2.28. The highest BCUT2D eigenvalue weighted by Gasteiger charge is 2.40. The molecule has 0 spiro atoms. The SMILES string of the molecule is Fc1ccc2c(c1F)CCC2(F)F. The van der Waals surface area contributed by atoms with Gasteiger partial charge in [0.05, 0.1) is 0 Å². The summed E-state index contributed by atoms with van der Waals surface area (Å²) in [6.45, 7) is 0. The Labute approximate surface area is 72.2 Å². The Morgan fingerprint density at radius 3 is 2.54 bits per heavy atom. The number of halogens is 4. The van der Waals surface area contributed by atoms with E-state index >= 15 is 0 Å². The first-order valence-corrected chi connectivity index (χ1v) is 3.87. The van der Waals surface area contributed by atoms with Gasteiger partial charge in [0.2, 0.25) is 0 Å². The molecular weight excluding hydrogens is 184 g/mol. The minimum atomic E-state index is -3.00. The first-order valence-electron chi connectivity index (χ1n) is 3.87. The van der Waals surface area contributed by atoms with E-state index in [0.717, 1.165) is 12.1 Å². The van der Waals surface area contributed by atoms with Crippen LogP contribution in [0.25, 0.3) is 0 Å². The first-order chi connectivity index (χ1) is 6.02. The lowest BCUT2D eigenvalue weighted by atomic mass is 10.1. The van der Waals surface area contributed by atoms with Crippen LogP contribution in [0.4, 0.5) is 17.6 Å². The topological polar surface area (TPSA) is 0 Å². The molecule has 0 unspecified atom stereocenters. The molecule has 0 saturated heterocycles. The molecule has 0 saturated carbocycles. The van der Waals surface area contributed by atoms with Gasteiger partial charge in [0.25, 0.3) is 5.92 Å². The van der Waals surface area contributed by atoms with Crippen molar-refractivity contribution in [2.24, 2.45) is 0 Å². The number of alkyl halides is 2. The van der Waals surface area contributed by atoms with E-state index in [9.17, 15) is 17.6 Å². The highest BCUT2D eigenvalue weighted by molar-refractivity contribution is 5.37. The van der Waals surface area contributed by atoms with E-state index in [1.807, 2.05) is 0 Å². The largest absolute Gasteiger partial charge is 0.273 e. The van der Waals surface area contributed by atoms with Crippen molar-refractivity contribution >= 4 is 0 Å². The maximum Gasteiger partial charge on any atom is 0.273 e. The quantitative estimate of drug-likeness (QED) is 0.551. The van der Waals surface area contributed by atoms with E-state index in [1.165, 1.54) is 0 Å². The summed E-state index contributed by atoms with van der Waals surface area (Å²) >= 11 is 0. The van der Waals surface area contributed by atoms with Gasteiger partial charge in [-0.15, -0.1) is 0 Å².